The van der Waals surface area contributed by atoms with Gasteiger partial charge in [-0.25, -0.2) is 0 Å². The van der Waals surface area contributed by atoms with E-state index < -0.39 is 0 Å². The Bertz CT molecular complexity index is 126. The molecule has 66 valence electrons. The second-order valence-corrected chi connectivity index (χ2v) is 3.78. The van der Waals surface area contributed by atoms with Crippen LogP contribution >= 0.6 is 12.4 Å². The molecule has 3 heteroatoms. The van der Waals surface area contributed by atoms with Crippen LogP contribution < -0.4 is 5.73 Å². The van der Waals surface area contributed by atoms with Gasteiger partial charge in [-0.15, -0.1) is 12.4 Å². The summed E-state index contributed by atoms with van der Waals surface area (Å²) in [4.78, 5) is 2.52. The first-order valence-corrected chi connectivity index (χ1v) is 4.25. The van der Waals surface area contributed by atoms with Crippen molar-refractivity contribution in [2.45, 2.75) is 43.8 Å². The molecule has 2 bridgehead atoms. The van der Waals surface area contributed by atoms with Gasteiger partial charge in [0.25, 0.3) is 0 Å². The van der Waals surface area contributed by atoms with Gasteiger partial charge in [0.1, 0.15) is 0 Å². The van der Waals surface area contributed by atoms with Crippen LogP contribution in [0.1, 0.15) is 25.7 Å². The normalized spacial score (nSPS) is 43.6. The quantitative estimate of drug-likeness (QED) is 0.597. The van der Waals surface area contributed by atoms with Crippen molar-refractivity contribution in [1.82, 2.24) is 4.90 Å². The number of halogens is 1. The Kier molecular flexibility index (Phi) is 2.79. The SMILES string of the molecule is CN1C2CC[C@H]1CC(N)C2.Cl. The lowest BCUT2D eigenvalue weighted by molar-refractivity contribution is 0.163. The van der Waals surface area contributed by atoms with Crippen LogP contribution in [-0.2, 0) is 0 Å². The number of hydrogen-bond acceptors (Lipinski definition) is 2. The molecule has 0 aliphatic carbocycles. The van der Waals surface area contributed by atoms with E-state index in [1.165, 1.54) is 25.7 Å². The molecular weight excluding hydrogens is 160 g/mol. The monoisotopic (exact) mass is 176 g/mol. The Morgan fingerprint density at radius 1 is 1.18 bits per heavy atom. The maximum Gasteiger partial charge on any atom is 0.0110 e. The molecule has 0 saturated carbocycles. The Balaban J connectivity index is 0.000000605. The molecule has 2 unspecified atom stereocenters. The molecule has 11 heavy (non-hydrogen) atoms. The Morgan fingerprint density at radius 3 is 2.09 bits per heavy atom. The maximum atomic E-state index is 5.89. The van der Waals surface area contributed by atoms with Gasteiger partial charge in [-0.2, -0.15) is 0 Å². The second-order valence-electron chi connectivity index (χ2n) is 3.78. The Hall–Kier alpha value is 0.210. The van der Waals surface area contributed by atoms with E-state index in [1.54, 1.807) is 0 Å². The first-order valence-electron chi connectivity index (χ1n) is 4.25. The predicted octanol–water partition coefficient (Wildman–Crippen LogP) is 0.992. The third-order valence-corrected chi connectivity index (χ3v) is 3.13. The lowest BCUT2D eigenvalue weighted by atomic mass is 9.99. The van der Waals surface area contributed by atoms with Gasteiger partial charge in [-0.1, -0.05) is 0 Å². The van der Waals surface area contributed by atoms with Crippen molar-refractivity contribution in [3.05, 3.63) is 0 Å². The molecule has 2 aliphatic heterocycles. The molecule has 0 aromatic carbocycles. The number of fused-ring (bicyclic) bond motifs is 2. The largest absolute Gasteiger partial charge is 0.328 e. The smallest absolute Gasteiger partial charge is 0.0110 e. The zero-order chi connectivity index (χ0) is 7.14. The molecule has 2 saturated heterocycles. The minimum atomic E-state index is 0. The number of nitrogens with zero attached hydrogens (tertiary/aromatic N) is 1. The van der Waals surface area contributed by atoms with Gasteiger partial charge >= 0.3 is 0 Å². The van der Waals surface area contributed by atoms with Gasteiger partial charge in [-0.3, -0.25) is 0 Å². The summed E-state index contributed by atoms with van der Waals surface area (Å²) in [7, 11) is 2.24. The zero-order valence-electron chi connectivity index (χ0n) is 6.99. The number of rotatable bonds is 0. The Labute approximate surface area is 74.5 Å². The van der Waals surface area contributed by atoms with E-state index in [9.17, 15) is 0 Å². The molecule has 2 nitrogen and oxygen atoms in total. The lowest BCUT2D eigenvalue weighted by Crippen LogP contribution is -2.45. The third kappa shape index (κ3) is 1.53. The molecule has 2 N–H and O–H groups in total. The molecule has 0 aromatic heterocycles. The highest BCUT2D eigenvalue weighted by Gasteiger charge is 2.36. The molecule has 0 amide bonds. The fourth-order valence-electron chi connectivity index (χ4n) is 2.45. The standard InChI is InChI=1S/C8H16N2.ClH/c1-10-7-2-3-8(10)5-6(9)4-7;/h6-8H,2-5,9H2,1H3;1H/t6?,7-,8?;/m0./s1. The van der Waals surface area contributed by atoms with Crippen molar-refractivity contribution in [3.8, 4) is 0 Å². The molecule has 0 radical (unpaired) electrons. The van der Waals surface area contributed by atoms with Gasteiger partial charge in [0, 0.05) is 18.1 Å². The van der Waals surface area contributed by atoms with Crippen molar-refractivity contribution in [2.75, 3.05) is 7.05 Å². The second kappa shape index (κ2) is 3.30. The molecule has 0 spiro atoms. The minimum absolute atomic E-state index is 0. The van der Waals surface area contributed by atoms with E-state index in [4.69, 9.17) is 5.73 Å². The average molecular weight is 177 g/mol. The minimum Gasteiger partial charge on any atom is -0.328 e. The van der Waals surface area contributed by atoms with E-state index in [-0.39, 0.29) is 12.4 Å². The van der Waals surface area contributed by atoms with Gasteiger partial charge in [0.15, 0.2) is 0 Å². The highest BCUT2D eigenvalue weighted by Crippen LogP contribution is 2.33. The van der Waals surface area contributed by atoms with Crippen LogP contribution in [0, 0.1) is 0 Å². The van der Waals surface area contributed by atoms with E-state index in [0.29, 0.717) is 6.04 Å². The molecule has 3 atom stereocenters. The van der Waals surface area contributed by atoms with Crippen LogP contribution in [-0.4, -0.2) is 30.1 Å². The van der Waals surface area contributed by atoms with E-state index in [0.717, 1.165) is 12.1 Å². The summed E-state index contributed by atoms with van der Waals surface area (Å²) in [5, 5.41) is 0. The molecule has 0 aromatic rings. The maximum absolute atomic E-state index is 5.89. The van der Waals surface area contributed by atoms with Gasteiger partial charge in [0.2, 0.25) is 0 Å². The van der Waals surface area contributed by atoms with Gasteiger partial charge in [0.05, 0.1) is 0 Å². The van der Waals surface area contributed by atoms with E-state index in [2.05, 4.69) is 11.9 Å². The first kappa shape index (κ1) is 9.30. The lowest BCUT2D eigenvalue weighted by Gasteiger charge is -2.34. The average Bonchev–Trinajstić information content (AvgIpc) is 2.20. The topological polar surface area (TPSA) is 29.3 Å². The predicted molar refractivity (Wildman–Crippen MR) is 49.0 cm³/mol. The van der Waals surface area contributed by atoms with Crippen molar-refractivity contribution in [1.29, 1.82) is 0 Å². The van der Waals surface area contributed by atoms with Crippen LogP contribution in [0.3, 0.4) is 0 Å². The van der Waals surface area contributed by atoms with Crippen molar-refractivity contribution in [3.63, 3.8) is 0 Å². The van der Waals surface area contributed by atoms with Crippen LogP contribution in [0.4, 0.5) is 0 Å². The molecule has 2 fully saturated rings. The van der Waals surface area contributed by atoms with Crippen molar-refractivity contribution in [2.24, 2.45) is 5.73 Å². The summed E-state index contributed by atoms with van der Waals surface area (Å²) in [6.45, 7) is 0. The van der Waals surface area contributed by atoms with Crippen LogP contribution in [0.25, 0.3) is 0 Å². The Morgan fingerprint density at radius 2 is 1.64 bits per heavy atom. The molecule has 2 heterocycles. The van der Waals surface area contributed by atoms with Crippen molar-refractivity contribution < 1.29 is 0 Å². The molecule has 2 rings (SSSR count). The number of hydrogen-bond donors (Lipinski definition) is 1. The highest BCUT2D eigenvalue weighted by molar-refractivity contribution is 5.85. The van der Waals surface area contributed by atoms with Gasteiger partial charge < -0.3 is 10.6 Å². The van der Waals surface area contributed by atoms with Crippen LogP contribution in [0.2, 0.25) is 0 Å². The summed E-state index contributed by atoms with van der Waals surface area (Å²) in [6.07, 6.45) is 5.23. The third-order valence-electron chi connectivity index (χ3n) is 3.13. The number of nitrogens with two attached hydrogens (primary N) is 1. The molecule has 2 aliphatic rings. The number of piperidine rings is 1. The van der Waals surface area contributed by atoms with Crippen LogP contribution in [0.15, 0.2) is 0 Å². The summed E-state index contributed by atoms with van der Waals surface area (Å²) in [5.74, 6) is 0. The summed E-state index contributed by atoms with van der Waals surface area (Å²) in [5.41, 5.74) is 5.89. The van der Waals surface area contributed by atoms with Gasteiger partial charge in [-0.05, 0) is 32.7 Å². The summed E-state index contributed by atoms with van der Waals surface area (Å²) < 4.78 is 0. The van der Waals surface area contributed by atoms with E-state index in [1.807, 2.05) is 0 Å². The van der Waals surface area contributed by atoms with E-state index >= 15 is 0 Å². The summed E-state index contributed by atoms with van der Waals surface area (Å²) >= 11 is 0. The fourth-order valence-corrected chi connectivity index (χ4v) is 2.45. The summed E-state index contributed by atoms with van der Waals surface area (Å²) in [6, 6.07) is 2.12. The molecular formula is C8H17ClN2. The highest BCUT2D eigenvalue weighted by atomic mass is 35.5. The fraction of sp³-hybridized carbons (Fsp3) is 1.00. The van der Waals surface area contributed by atoms with Crippen molar-refractivity contribution >= 4 is 12.4 Å². The first-order chi connectivity index (χ1) is 4.77. The van der Waals surface area contributed by atoms with Crippen LogP contribution in [0.5, 0.6) is 0 Å². The zero-order valence-corrected chi connectivity index (χ0v) is 7.81.